The average molecular weight is 361 g/mol. The number of aryl methyl sites for hydroxylation is 1. The molecule has 1 aromatic carbocycles. The number of aliphatic hydroxyl groups excluding tert-OH is 1. The largest absolute Gasteiger partial charge is 0.480 e. The van der Waals surface area contributed by atoms with Crippen molar-refractivity contribution in [3.05, 3.63) is 29.8 Å². The van der Waals surface area contributed by atoms with Crippen molar-refractivity contribution in [2.24, 2.45) is 5.41 Å². The Balaban J connectivity index is 1.76. The van der Waals surface area contributed by atoms with E-state index < -0.39 is 6.10 Å². The Labute approximate surface area is 156 Å². The minimum absolute atomic E-state index is 0.000342. The molecular formula is C21H31NO4. The molecule has 5 heteroatoms. The van der Waals surface area contributed by atoms with E-state index in [4.69, 9.17) is 9.47 Å². The molecule has 5 nitrogen and oxygen atoms in total. The quantitative estimate of drug-likeness (QED) is 0.876. The first-order valence-corrected chi connectivity index (χ1v) is 9.80. The van der Waals surface area contributed by atoms with Gasteiger partial charge in [-0.05, 0) is 56.1 Å². The van der Waals surface area contributed by atoms with Gasteiger partial charge in [0.1, 0.15) is 5.75 Å². The van der Waals surface area contributed by atoms with Crippen LogP contribution >= 0.6 is 0 Å². The van der Waals surface area contributed by atoms with E-state index in [2.05, 4.69) is 0 Å². The van der Waals surface area contributed by atoms with Gasteiger partial charge in [-0.3, -0.25) is 4.79 Å². The summed E-state index contributed by atoms with van der Waals surface area (Å²) in [5.74, 6) is 0.756. The van der Waals surface area contributed by atoms with E-state index in [9.17, 15) is 9.90 Å². The number of piperidine rings is 1. The fourth-order valence-electron chi connectivity index (χ4n) is 4.19. The van der Waals surface area contributed by atoms with E-state index >= 15 is 0 Å². The van der Waals surface area contributed by atoms with Crippen LogP contribution in [0.1, 0.15) is 44.6 Å². The highest BCUT2D eigenvalue weighted by molar-refractivity contribution is 5.82. The third-order valence-electron chi connectivity index (χ3n) is 6.01. The van der Waals surface area contributed by atoms with Crippen LogP contribution in [0.3, 0.4) is 0 Å². The van der Waals surface area contributed by atoms with Gasteiger partial charge >= 0.3 is 0 Å². The first-order chi connectivity index (χ1) is 12.6. The van der Waals surface area contributed by atoms with Crippen LogP contribution in [0.4, 0.5) is 0 Å². The molecule has 2 heterocycles. The second kappa shape index (κ2) is 8.40. The van der Waals surface area contributed by atoms with Gasteiger partial charge in [0, 0.05) is 19.8 Å². The van der Waals surface area contributed by atoms with Gasteiger partial charge in [-0.15, -0.1) is 0 Å². The van der Waals surface area contributed by atoms with Crippen LogP contribution in [0.5, 0.6) is 5.75 Å². The van der Waals surface area contributed by atoms with Crippen LogP contribution < -0.4 is 4.74 Å². The Morgan fingerprint density at radius 1 is 1.35 bits per heavy atom. The minimum Gasteiger partial charge on any atom is -0.480 e. The molecule has 0 aliphatic carbocycles. The zero-order valence-electron chi connectivity index (χ0n) is 15.9. The highest BCUT2D eigenvalue weighted by Crippen LogP contribution is 2.41. The fraction of sp³-hybridized carbons (Fsp3) is 0.667. The molecule has 1 spiro atoms. The van der Waals surface area contributed by atoms with Crippen molar-refractivity contribution in [3.63, 3.8) is 0 Å². The monoisotopic (exact) mass is 361 g/mol. The lowest BCUT2D eigenvalue weighted by Gasteiger charge is -2.49. The SMILES string of the molecule is CCC(Oc1ccccc1C)C(=O)N1CC2(CCOCC2)CCC1CO. The Hall–Kier alpha value is -1.59. The number of likely N-dealkylation sites (tertiary alicyclic amines) is 1. The van der Waals surface area contributed by atoms with Crippen molar-refractivity contribution in [1.82, 2.24) is 4.90 Å². The summed E-state index contributed by atoms with van der Waals surface area (Å²) >= 11 is 0. The van der Waals surface area contributed by atoms with Crippen LogP contribution in [0.15, 0.2) is 24.3 Å². The summed E-state index contributed by atoms with van der Waals surface area (Å²) in [7, 11) is 0. The van der Waals surface area contributed by atoms with Crippen molar-refractivity contribution in [3.8, 4) is 5.75 Å². The number of carbonyl (C=O) groups excluding carboxylic acids is 1. The Bertz CT molecular complexity index is 612. The van der Waals surface area contributed by atoms with Crippen molar-refractivity contribution in [2.75, 3.05) is 26.4 Å². The van der Waals surface area contributed by atoms with Crippen LogP contribution in [0, 0.1) is 12.3 Å². The number of rotatable bonds is 5. The van der Waals surface area contributed by atoms with Gasteiger partial charge in [-0.25, -0.2) is 0 Å². The maximum Gasteiger partial charge on any atom is 0.263 e. The first kappa shape index (κ1) is 19.2. The predicted octanol–water partition coefficient (Wildman–Crippen LogP) is 2.93. The second-order valence-corrected chi connectivity index (χ2v) is 7.73. The van der Waals surface area contributed by atoms with Gasteiger partial charge in [0.15, 0.2) is 6.10 Å². The van der Waals surface area contributed by atoms with Crippen LogP contribution in [0.25, 0.3) is 0 Å². The zero-order chi connectivity index (χ0) is 18.6. The molecule has 3 rings (SSSR count). The number of carbonyl (C=O) groups is 1. The summed E-state index contributed by atoms with van der Waals surface area (Å²) in [5, 5.41) is 9.83. The predicted molar refractivity (Wildman–Crippen MR) is 100 cm³/mol. The molecule has 1 N–H and O–H groups in total. The molecule has 0 bridgehead atoms. The topological polar surface area (TPSA) is 59.0 Å². The van der Waals surface area contributed by atoms with Gasteiger partial charge in [-0.2, -0.15) is 0 Å². The van der Waals surface area contributed by atoms with E-state index in [1.807, 2.05) is 43.0 Å². The van der Waals surface area contributed by atoms with E-state index in [0.29, 0.717) is 13.0 Å². The molecular weight excluding hydrogens is 330 g/mol. The molecule has 1 amide bonds. The summed E-state index contributed by atoms with van der Waals surface area (Å²) in [4.78, 5) is 15.2. The highest BCUT2D eigenvalue weighted by Gasteiger charge is 2.43. The number of benzene rings is 1. The number of hydrogen-bond acceptors (Lipinski definition) is 4. The lowest BCUT2D eigenvalue weighted by atomic mass is 9.72. The summed E-state index contributed by atoms with van der Waals surface area (Å²) in [5.41, 5.74) is 1.16. The van der Waals surface area contributed by atoms with Gasteiger partial charge in [-0.1, -0.05) is 25.1 Å². The summed E-state index contributed by atoms with van der Waals surface area (Å²) in [6.45, 7) is 6.21. The van der Waals surface area contributed by atoms with Gasteiger partial charge in [0.05, 0.1) is 12.6 Å². The van der Waals surface area contributed by atoms with Gasteiger partial charge < -0.3 is 19.5 Å². The number of aliphatic hydroxyl groups is 1. The molecule has 2 aliphatic heterocycles. The molecule has 26 heavy (non-hydrogen) atoms. The second-order valence-electron chi connectivity index (χ2n) is 7.73. The van der Waals surface area contributed by atoms with Gasteiger partial charge in [0.2, 0.25) is 0 Å². The van der Waals surface area contributed by atoms with Crippen LogP contribution in [-0.4, -0.2) is 54.4 Å². The van der Waals surface area contributed by atoms with Gasteiger partial charge in [0.25, 0.3) is 5.91 Å². The maximum absolute atomic E-state index is 13.3. The number of para-hydroxylation sites is 1. The van der Waals surface area contributed by atoms with Crippen LogP contribution in [-0.2, 0) is 9.53 Å². The molecule has 2 fully saturated rings. The van der Waals surface area contributed by atoms with E-state index in [-0.39, 0.29) is 24.0 Å². The van der Waals surface area contributed by atoms with Crippen molar-refractivity contribution >= 4 is 5.91 Å². The number of amides is 1. The Kier molecular flexibility index (Phi) is 6.20. The first-order valence-electron chi connectivity index (χ1n) is 9.80. The summed E-state index contributed by atoms with van der Waals surface area (Å²) < 4.78 is 11.6. The molecule has 0 saturated carbocycles. The maximum atomic E-state index is 13.3. The lowest BCUT2D eigenvalue weighted by Crippen LogP contribution is -2.57. The molecule has 144 valence electrons. The smallest absolute Gasteiger partial charge is 0.263 e. The third-order valence-corrected chi connectivity index (χ3v) is 6.01. The number of nitrogens with zero attached hydrogens (tertiary/aromatic N) is 1. The highest BCUT2D eigenvalue weighted by atomic mass is 16.5. The molecule has 2 saturated heterocycles. The average Bonchev–Trinajstić information content (AvgIpc) is 2.67. The fourth-order valence-corrected chi connectivity index (χ4v) is 4.19. The number of hydrogen-bond donors (Lipinski definition) is 1. The van der Waals surface area contributed by atoms with Crippen molar-refractivity contribution in [2.45, 2.75) is 58.1 Å². The molecule has 2 aliphatic rings. The minimum atomic E-state index is -0.514. The molecule has 2 unspecified atom stereocenters. The normalized spacial score (nSPS) is 23.7. The van der Waals surface area contributed by atoms with Crippen molar-refractivity contribution in [1.29, 1.82) is 0 Å². The van der Waals surface area contributed by atoms with E-state index in [1.54, 1.807) is 0 Å². The lowest BCUT2D eigenvalue weighted by molar-refractivity contribution is -0.150. The molecule has 0 aromatic heterocycles. The summed E-state index contributed by atoms with van der Waals surface area (Å²) in [6.07, 6.45) is 3.98. The molecule has 1 aromatic rings. The summed E-state index contributed by atoms with van der Waals surface area (Å²) in [6, 6.07) is 7.68. The van der Waals surface area contributed by atoms with Crippen molar-refractivity contribution < 1.29 is 19.4 Å². The zero-order valence-corrected chi connectivity index (χ0v) is 15.9. The molecule has 0 radical (unpaired) electrons. The standard InChI is InChI=1S/C21H31NO4/c1-3-18(26-19-7-5-4-6-16(19)2)20(24)22-15-21(9-8-17(22)14-23)10-12-25-13-11-21/h4-7,17-18,23H,3,8-15H2,1-2H3. The van der Waals surface area contributed by atoms with E-state index in [1.165, 1.54) is 0 Å². The number of ether oxygens (including phenoxy) is 2. The Morgan fingerprint density at radius 3 is 2.73 bits per heavy atom. The Morgan fingerprint density at radius 2 is 2.08 bits per heavy atom. The third kappa shape index (κ3) is 4.04. The van der Waals surface area contributed by atoms with E-state index in [0.717, 1.165) is 50.2 Å². The molecule has 2 atom stereocenters. The van der Waals surface area contributed by atoms with Crippen LogP contribution in [0.2, 0.25) is 0 Å².